The summed E-state index contributed by atoms with van der Waals surface area (Å²) < 4.78 is 40.1. The Kier molecular flexibility index (Phi) is 4.51. The van der Waals surface area contributed by atoms with Crippen LogP contribution < -0.4 is 0 Å². The first-order chi connectivity index (χ1) is 9.70. The fraction of sp³-hybridized carbons (Fsp3) is 0.200. The molecule has 2 aromatic rings. The largest absolute Gasteiger partial charge is 0.385 e. The maximum Gasteiger partial charge on any atom is 0.142 e. The van der Waals surface area contributed by atoms with Gasteiger partial charge in [-0.15, -0.1) is 0 Å². The van der Waals surface area contributed by atoms with Crippen molar-refractivity contribution < 1.29 is 18.3 Å². The van der Waals surface area contributed by atoms with Gasteiger partial charge in [-0.3, -0.25) is 0 Å². The van der Waals surface area contributed by atoms with Crippen molar-refractivity contribution in [1.82, 2.24) is 0 Å². The molecule has 0 aromatic heterocycles. The lowest BCUT2D eigenvalue weighted by Crippen LogP contribution is -2.25. The van der Waals surface area contributed by atoms with Crippen LogP contribution in [0.5, 0.6) is 0 Å². The Bertz CT molecular complexity index is 687. The zero-order chi connectivity index (χ0) is 15.8. The molecular weight excluding hydrogens is 324 g/mol. The van der Waals surface area contributed by atoms with E-state index in [0.717, 1.165) is 18.2 Å². The van der Waals surface area contributed by atoms with Gasteiger partial charge in [-0.25, -0.2) is 13.2 Å². The topological polar surface area (TPSA) is 20.2 Å². The predicted octanol–water partition coefficient (Wildman–Crippen LogP) is 4.86. The summed E-state index contributed by atoms with van der Waals surface area (Å²) in [6.07, 6.45) is -0.195. The average molecular weight is 335 g/mol. The van der Waals surface area contributed by atoms with Gasteiger partial charge < -0.3 is 5.11 Å². The third kappa shape index (κ3) is 3.51. The Morgan fingerprint density at radius 3 is 2.29 bits per heavy atom. The van der Waals surface area contributed by atoms with Gasteiger partial charge in [-0.1, -0.05) is 29.3 Å². The molecule has 0 aliphatic heterocycles. The van der Waals surface area contributed by atoms with Crippen molar-refractivity contribution in [2.45, 2.75) is 18.9 Å². The van der Waals surface area contributed by atoms with Crippen LogP contribution in [0.4, 0.5) is 13.2 Å². The van der Waals surface area contributed by atoms with Gasteiger partial charge >= 0.3 is 0 Å². The summed E-state index contributed by atoms with van der Waals surface area (Å²) >= 11 is 11.5. The molecule has 21 heavy (non-hydrogen) atoms. The first-order valence-corrected chi connectivity index (χ1v) is 6.77. The van der Waals surface area contributed by atoms with Crippen LogP contribution in [0.1, 0.15) is 18.1 Å². The minimum atomic E-state index is -1.64. The van der Waals surface area contributed by atoms with Crippen LogP contribution in [0, 0.1) is 17.5 Å². The van der Waals surface area contributed by atoms with Crippen molar-refractivity contribution >= 4 is 23.2 Å². The zero-order valence-corrected chi connectivity index (χ0v) is 12.4. The molecule has 0 aliphatic rings. The highest BCUT2D eigenvalue weighted by Crippen LogP contribution is 2.34. The Morgan fingerprint density at radius 2 is 1.67 bits per heavy atom. The second-order valence-corrected chi connectivity index (χ2v) is 5.75. The van der Waals surface area contributed by atoms with Gasteiger partial charge in [0.15, 0.2) is 0 Å². The summed E-state index contributed by atoms with van der Waals surface area (Å²) in [6.45, 7) is 1.37. The maximum absolute atomic E-state index is 13.7. The normalized spacial score (nSPS) is 14.0. The van der Waals surface area contributed by atoms with E-state index < -0.39 is 23.1 Å². The summed E-state index contributed by atoms with van der Waals surface area (Å²) in [4.78, 5) is 0. The standard InChI is InChI=1S/C15H11Cl2F3O/c1-15(21,7-8-2-3-9(18)4-13(8)19)10-5-14(20)12(17)6-11(10)16/h2-6,21H,7H2,1H3. The van der Waals surface area contributed by atoms with Gasteiger partial charge in [0, 0.05) is 23.1 Å². The molecule has 0 radical (unpaired) electrons. The Labute approximate surface area is 129 Å². The molecule has 0 saturated carbocycles. The minimum Gasteiger partial charge on any atom is -0.385 e. The molecule has 0 aliphatic carbocycles. The molecule has 2 rings (SSSR count). The van der Waals surface area contributed by atoms with Crippen LogP contribution in [-0.2, 0) is 12.0 Å². The Hall–Kier alpha value is -1.23. The number of aliphatic hydroxyl groups is 1. The lowest BCUT2D eigenvalue weighted by molar-refractivity contribution is 0.0564. The highest BCUT2D eigenvalue weighted by molar-refractivity contribution is 6.35. The van der Waals surface area contributed by atoms with Gasteiger partial charge in [0.2, 0.25) is 0 Å². The highest BCUT2D eigenvalue weighted by atomic mass is 35.5. The lowest BCUT2D eigenvalue weighted by Gasteiger charge is -2.25. The van der Waals surface area contributed by atoms with E-state index in [1.54, 1.807) is 0 Å². The van der Waals surface area contributed by atoms with Crippen molar-refractivity contribution in [2.24, 2.45) is 0 Å². The van der Waals surface area contributed by atoms with E-state index in [-0.39, 0.29) is 27.6 Å². The van der Waals surface area contributed by atoms with Crippen molar-refractivity contribution in [3.05, 3.63) is 69.0 Å². The Balaban J connectivity index is 2.40. The third-order valence-electron chi connectivity index (χ3n) is 3.14. The van der Waals surface area contributed by atoms with Gasteiger partial charge in [0.05, 0.1) is 10.6 Å². The van der Waals surface area contributed by atoms with Crippen LogP contribution >= 0.6 is 23.2 Å². The average Bonchev–Trinajstić information content (AvgIpc) is 2.37. The first-order valence-electron chi connectivity index (χ1n) is 6.02. The van der Waals surface area contributed by atoms with Crippen LogP contribution in [-0.4, -0.2) is 5.11 Å². The van der Waals surface area contributed by atoms with Gasteiger partial charge in [0.25, 0.3) is 0 Å². The zero-order valence-electron chi connectivity index (χ0n) is 10.9. The summed E-state index contributed by atoms with van der Waals surface area (Å²) in [5, 5.41) is 10.4. The van der Waals surface area contributed by atoms with E-state index in [1.165, 1.54) is 19.1 Å². The van der Waals surface area contributed by atoms with Gasteiger partial charge in [-0.2, -0.15) is 0 Å². The second kappa shape index (κ2) is 5.87. The van der Waals surface area contributed by atoms with E-state index >= 15 is 0 Å². The molecule has 1 nitrogen and oxygen atoms in total. The molecule has 0 heterocycles. The molecular formula is C15H11Cl2F3O. The van der Waals surface area contributed by atoms with Gasteiger partial charge in [-0.05, 0) is 30.7 Å². The molecule has 1 unspecified atom stereocenters. The number of hydrogen-bond acceptors (Lipinski definition) is 1. The fourth-order valence-corrected chi connectivity index (χ4v) is 2.65. The minimum absolute atomic E-state index is 0.0638. The molecule has 0 bridgehead atoms. The van der Waals surface area contributed by atoms with Crippen molar-refractivity contribution in [2.75, 3.05) is 0 Å². The maximum atomic E-state index is 13.7. The van der Waals surface area contributed by atoms with E-state index in [9.17, 15) is 18.3 Å². The number of hydrogen-bond donors (Lipinski definition) is 1. The van der Waals surface area contributed by atoms with Crippen molar-refractivity contribution in [3.63, 3.8) is 0 Å². The van der Waals surface area contributed by atoms with E-state index in [1.807, 2.05) is 0 Å². The van der Waals surface area contributed by atoms with E-state index in [2.05, 4.69) is 0 Å². The predicted molar refractivity (Wildman–Crippen MR) is 76.1 cm³/mol. The molecule has 0 spiro atoms. The monoisotopic (exact) mass is 334 g/mol. The smallest absolute Gasteiger partial charge is 0.142 e. The fourth-order valence-electron chi connectivity index (χ4n) is 2.07. The number of benzene rings is 2. The first kappa shape index (κ1) is 16.1. The molecule has 112 valence electrons. The molecule has 0 amide bonds. The molecule has 1 N–H and O–H groups in total. The lowest BCUT2D eigenvalue weighted by atomic mass is 9.88. The molecule has 0 fully saturated rings. The molecule has 6 heteroatoms. The summed E-state index contributed by atoms with van der Waals surface area (Å²) in [5.74, 6) is -2.25. The molecule has 1 atom stereocenters. The SMILES string of the molecule is CC(O)(Cc1ccc(F)cc1F)c1cc(F)c(Cl)cc1Cl. The van der Waals surface area contributed by atoms with E-state index in [4.69, 9.17) is 23.2 Å². The van der Waals surface area contributed by atoms with Crippen LogP contribution in [0.3, 0.4) is 0 Å². The summed E-state index contributed by atoms with van der Waals surface area (Å²) in [7, 11) is 0. The summed E-state index contributed by atoms with van der Waals surface area (Å²) in [6, 6.07) is 5.20. The molecule has 2 aromatic carbocycles. The third-order valence-corrected chi connectivity index (χ3v) is 3.74. The molecule has 0 saturated heterocycles. The number of rotatable bonds is 3. The van der Waals surface area contributed by atoms with Gasteiger partial charge in [0.1, 0.15) is 17.5 Å². The van der Waals surface area contributed by atoms with E-state index in [0.29, 0.717) is 0 Å². The number of halogens is 5. The van der Waals surface area contributed by atoms with Crippen LogP contribution in [0.25, 0.3) is 0 Å². The van der Waals surface area contributed by atoms with Crippen LogP contribution in [0.2, 0.25) is 10.0 Å². The highest BCUT2D eigenvalue weighted by Gasteiger charge is 2.28. The van der Waals surface area contributed by atoms with Crippen molar-refractivity contribution in [1.29, 1.82) is 0 Å². The van der Waals surface area contributed by atoms with Crippen molar-refractivity contribution in [3.8, 4) is 0 Å². The quantitative estimate of drug-likeness (QED) is 0.794. The van der Waals surface area contributed by atoms with Crippen LogP contribution in [0.15, 0.2) is 30.3 Å². The Morgan fingerprint density at radius 1 is 1.00 bits per heavy atom. The summed E-state index contributed by atoms with van der Waals surface area (Å²) in [5.41, 5.74) is -1.47. The second-order valence-electron chi connectivity index (χ2n) is 4.93.